The lowest BCUT2D eigenvalue weighted by Crippen LogP contribution is -2.18. The molecule has 3 aromatic heterocycles. The summed E-state index contributed by atoms with van der Waals surface area (Å²) >= 11 is 0. The van der Waals surface area contributed by atoms with Crippen molar-refractivity contribution < 1.29 is 14.3 Å². The van der Waals surface area contributed by atoms with E-state index in [9.17, 15) is 4.79 Å². The second-order valence-corrected chi connectivity index (χ2v) is 7.94. The maximum Gasteiger partial charge on any atom is 0.317 e. The molecule has 0 radical (unpaired) electrons. The number of H-pyrrole nitrogens is 1. The van der Waals surface area contributed by atoms with E-state index in [4.69, 9.17) is 20.9 Å². The highest BCUT2D eigenvalue weighted by molar-refractivity contribution is 6.05. The summed E-state index contributed by atoms with van der Waals surface area (Å²) in [6.07, 6.45) is 5.31. The van der Waals surface area contributed by atoms with Crippen molar-refractivity contribution in [2.24, 2.45) is 5.73 Å². The highest BCUT2D eigenvalue weighted by Gasteiger charge is 2.21. The number of ether oxygens (including phenoxy) is 2. The molecule has 1 amide bonds. The average molecular weight is 445 g/mol. The Morgan fingerprint density at radius 2 is 2.15 bits per heavy atom. The van der Waals surface area contributed by atoms with Gasteiger partial charge in [-0.2, -0.15) is 10.1 Å². The average Bonchev–Trinajstić information content (AvgIpc) is 3.50. The molecule has 1 aromatic carbocycles. The van der Waals surface area contributed by atoms with Crippen molar-refractivity contribution in [3.05, 3.63) is 47.9 Å². The van der Waals surface area contributed by atoms with Crippen molar-refractivity contribution in [2.45, 2.75) is 25.9 Å². The first kappa shape index (κ1) is 20.8. The van der Waals surface area contributed by atoms with Gasteiger partial charge in [0.1, 0.15) is 6.61 Å². The van der Waals surface area contributed by atoms with E-state index in [1.54, 1.807) is 24.5 Å². The van der Waals surface area contributed by atoms with Crippen LogP contribution in [0, 0.1) is 6.92 Å². The van der Waals surface area contributed by atoms with E-state index in [0.717, 1.165) is 41.5 Å². The molecule has 1 unspecified atom stereocenters. The predicted octanol–water partition coefficient (Wildman–Crippen LogP) is 2.63. The number of anilines is 1. The van der Waals surface area contributed by atoms with Crippen LogP contribution in [0.3, 0.4) is 0 Å². The van der Waals surface area contributed by atoms with Crippen LogP contribution in [0.2, 0.25) is 0 Å². The third-order valence-corrected chi connectivity index (χ3v) is 5.71. The smallest absolute Gasteiger partial charge is 0.317 e. The lowest BCUT2D eigenvalue weighted by molar-refractivity contribution is 0.0645. The number of aryl methyl sites for hydroxylation is 1. The van der Waals surface area contributed by atoms with Crippen LogP contribution in [0.4, 0.5) is 5.69 Å². The zero-order valence-electron chi connectivity index (χ0n) is 18.0. The molecule has 4 heterocycles. The van der Waals surface area contributed by atoms with Gasteiger partial charge in [-0.05, 0) is 49.1 Å². The van der Waals surface area contributed by atoms with Gasteiger partial charge >= 0.3 is 6.01 Å². The van der Waals surface area contributed by atoms with E-state index in [0.29, 0.717) is 23.6 Å². The zero-order chi connectivity index (χ0) is 22.9. The van der Waals surface area contributed by atoms with E-state index >= 15 is 0 Å². The third kappa shape index (κ3) is 3.96. The number of aromatic nitrogens is 5. The van der Waals surface area contributed by atoms with Crippen molar-refractivity contribution in [3.8, 4) is 28.5 Å². The molecule has 1 aliphatic rings. The fourth-order valence-corrected chi connectivity index (χ4v) is 4.06. The Morgan fingerprint density at radius 1 is 1.27 bits per heavy atom. The van der Waals surface area contributed by atoms with Crippen LogP contribution in [0.5, 0.6) is 6.01 Å². The Hall–Kier alpha value is -4.05. The fourth-order valence-electron chi connectivity index (χ4n) is 4.06. The molecule has 1 atom stereocenters. The topological polar surface area (TPSA) is 155 Å². The van der Waals surface area contributed by atoms with E-state index in [1.165, 1.54) is 0 Å². The molecule has 1 aliphatic heterocycles. The van der Waals surface area contributed by atoms with Crippen LogP contribution in [0.1, 0.15) is 28.9 Å². The van der Waals surface area contributed by atoms with Gasteiger partial charge in [-0.25, -0.2) is 9.97 Å². The van der Waals surface area contributed by atoms with Crippen LogP contribution in [-0.2, 0) is 4.74 Å². The molecule has 5 N–H and O–H groups in total. The number of aromatic amines is 1. The maximum absolute atomic E-state index is 12.2. The van der Waals surface area contributed by atoms with Crippen LogP contribution >= 0.6 is 0 Å². The second kappa shape index (κ2) is 8.47. The SMILES string of the molecule is Cc1ccc2[nH]ncc2c1-c1cc(-c2ccnc(OCC3CCCO3)n2)nc(C(N)=O)c1N. The van der Waals surface area contributed by atoms with Crippen LogP contribution in [0.25, 0.3) is 33.4 Å². The molecule has 1 fully saturated rings. The number of carbonyl (C=O) groups is 1. The van der Waals surface area contributed by atoms with Crippen molar-refractivity contribution in [3.63, 3.8) is 0 Å². The molecule has 10 nitrogen and oxygen atoms in total. The number of amides is 1. The summed E-state index contributed by atoms with van der Waals surface area (Å²) in [5, 5.41) is 7.97. The first-order valence-corrected chi connectivity index (χ1v) is 10.6. The van der Waals surface area contributed by atoms with Gasteiger partial charge in [0.05, 0.1) is 34.9 Å². The number of fused-ring (bicyclic) bond motifs is 1. The first-order valence-electron chi connectivity index (χ1n) is 10.6. The second-order valence-electron chi connectivity index (χ2n) is 7.94. The minimum absolute atomic E-state index is 0.0252. The van der Waals surface area contributed by atoms with E-state index < -0.39 is 5.91 Å². The van der Waals surface area contributed by atoms with Gasteiger partial charge in [-0.15, -0.1) is 0 Å². The summed E-state index contributed by atoms with van der Waals surface area (Å²) in [6.45, 7) is 3.08. The summed E-state index contributed by atoms with van der Waals surface area (Å²) in [5.41, 5.74) is 16.4. The van der Waals surface area contributed by atoms with Gasteiger partial charge < -0.3 is 20.9 Å². The Bertz CT molecular complexity index is 1350. The standard InChI is InChI=1S/C23H23N7O3/c1-12-4-5-16-15(10-27-30-16)19(12)14-9-18(28-21(20(14)24)22(25)31)17-6-7-26-23(29-17)33-11-13-3-2-8-32-13/h4-7,9-10,13H,2-3,8,11,24H2,1H3,(H2,25,31)(H,27,30). The number of carbonyl (C=O) groups excluding carboxylic acids is 1. The molecule has 0 saturated carbocycles. The molecular weight excluding hydrogens is 422 g/mol. The number of hydrogen-bond donors (Lipinski definition) is 3. The Kier molecular flexibility index (Phi) is 5.35. The van der Waals surface area contributed by atoms with Gasteiger partial charge in [-0.3, -0.25) is 9.89 Å². The largest absolute Gasteiger partial charge is 0.461 e. The van der Waals surface area contributed by atoms with Crippen molar-refractivity contribution in [1.29, 1.82) is 0 Å². The van der Waals surface area contributed by atoms with Gasteiger partial charge in [-0.1, -0.05) is 6.07 Å². The van der Waals surface area contributed by atoms with Crippen LogP contribution < -0.4 is 16.2 Å². The lowest BCUT2D eigenvalue weighted by atomic mass is 9.94. The number of pyridine rings is 1. The normalized spacial score (nSPS) is 15.7. The Balaban J connectivity index is 1.60. The van der Waals surface area contributed by atoms with Gasteiger partial charge in [0.15, 0.2) is 5.69 Å². The van der Waals surface area contributed by atoms with Gasteiger partial charge in [0.2, 0.25) is 0 Å². The molecule has 0 aliphatic carbocycles. The van der Waals surface area contributed by atoms with Crippen molar-refractivity contribution >= 4 is 22.5 Å². The van der Waals surface area contributed by atoms with Crippen LogP contribution in [0.15, 0.2) is 36.7 Å². The lowest BCUT2D eigenvalue weighted by Gasteiger charge is -2.15. The summed E-state index contributed by atoms with van der Waals surface area (Å²) in [4.78, 5) is 25.3. The Morgan fingerprint density at radius 3 is 2.94 bits per heavy atom. The molecule has 10 heteroatoms. The monoisotopic (exact) mass is 445 g/mol. The summed E-state index contributed by atoms with van der Waals surface area (Å²) in [5.74, 6) is -0.725. The number of nitrogens with two attached hydrogens (primary N) is 2. The number of rotatable bonds is 6. The fraction of sp³-hybridized carbons (Fsp3) is 0.261. The molecule has 0 spiro atoms. The highest BCUT2D eigenvalue weighted by Crippen LogP contribution is 2.37. The van der Waals surface area contributed by atoms with Crippen LogP contribution in [-0.4, -0.2) is 50.4 Å². The first-order chi connectivity index (χ1) is 16.0. The number of hydrogen-bond acceptors (Lipinski definition) is 8. The van der Waals surface area contributed by atoms with Crippen molar-refractivity contribution in [2.75, 3.05) is 18.9 Å². The quantitative estimate of drug-likeness (QED) is 0.409. The maximum atomic E-state index is 12.2. The number of nitrogens with zero attached hydrogens (tertiary/aromatic N) is 4. The zero-order valence-corrected chi connectivity index (χ0v) is 18.0. The third-order valence-electron chi connectivity index (χ3n) is 5.71. The summed E-state index contributed by atoms with van der Waals surface area (Å²) in [7, 11) is 0. The molecule has 5 rings (SSSR count). The van der Waals surface area contributed by atoms with E-state index in [1.807, 2.05) is 19.1 Å². The van der Waals surface area contributed by atoms with Crippen molar-refractivity contribution in [1.82, 2.24) is 25.1 Å². The summed E-state index contributed by atoms with van der Waals surface area (Å²) < 4.78 is 11.3. The minimum atomic E-state index is -0.725. The molecule has 4 aromatic rings. The predicted molar refractivity (Wildman–Crippen MR) is 122 cm³/mol. The van der Waals surface area contributed by atoms with Gasteiger partial charge in [0.25, 0.3) is 5.91 Å². The number of nitrogens with one attached hydrogen (secondary N) is 1. The molecule has 0 bridgehead atoms. The minimum Gasteiger partial charge on any atom is -0.461 e. The van der Waals surface area contributed by atoms with Gasteiger partial charge in [0, 0.05) is 23.8 Å². The Labute approximate surface area is 189 Å². The van der Waals surface area contributed by atoms with E-state index in [-0.39, 0.29) is 23.5 Å². The summed E-state index contributed by atoms with van der Waals surface area (Å²) in [6, 6.07) is 7.59. The number of nitrogen functional groups attached to an aromatic ring is 1. The number of primary amides is 1. The van der Waals surface area contributed by atoms with E-state index in [2.05, 4.69) is 25.1 Å². The molecule has 168 valence electrons. The molecule has 33 heavy (non-hydrogen) atoms. The number of benzene rings is 1. The molecular formula is C23H23N7O3. The highest BCUT2D eigenvalue weighted by atomic mass is 16.5. The molecule has 1 saturated heterocycles.